The van der Waals surface area contributed by atoms with Crippen LogP contribution < -0.4 is 5.73 Å². The second kappa shape index (κ2) is 6.97. The number of rotatable bonds is 4. The predicted molar refractivity (Wildman–Crippen MR) is 90.4 cm³/mol. The van der Waals surface area contributed by atoms with E-state index in [9.17, 15) is 0 Å². The molecule has 1 aliphatic rings. The summed E-state index contributed by atoms with van der Waals surface area (Å²) in [5.74, 6) is 0. The zero-order chi connectivity index (χ0) is 14.7. The summed E-state index contributed by atoms with van der Waals surface area (Å²) in [5, 5.41) is 1.49. The molecule has 0 radical (unpaired) electrons. The summed E-state index contributed by atoms with van der Waals surface area (Å²) < 4.78 is 0. The Morgan fingerprint density at radius 2 is 1.70 bits per heavy atom. The Morgan fingerprint density at radius 3 is 2.25 bits per heavy atom. The van der Waals surface area contributed by atoms with Crippen LogP contribution in [0.1, 0.15) is 43.0 Å². The molecule has 1 aromatic carbocycles. The normalized spacial score (nSPS) is 25.6. The number of nitrogens with two attached hydrogens (primary N) is 1. The fourth-order valence-electron chi connectivity index (χ4n) is 3.18. The first-order chi connectivity index (χ1) is 9.44. The van der Waals surface area contributed by atoms with Crippen LogP contribution in [0.15, 0.2) is 18.2 Å². The molecule has 0 spiro atoms. The monoisotopic (exact) mass is 292 g/mol. The van der Waals surface area contributed by atoms with Crippen LogP contribution in [0.25, 0.3) is 0 Å². The predicted octanol–water partition coefficient (Wildman–Crippen LogP) is 3.52. The standard InChI is InChI=1S/C17H28N2S/c1-12-7-13(2)9-16(8-12)17(18)5-6-19-10-14(3)20-15(4)11-19/h7-9,14-15,17H,5-6,10-11,18H2,1-4H3. The Bertz CT molecular complexity index is 416. The van der Waals surface area contributed by atoms with Gasteiger partial charge in [-0.15, -0.1) is 0 Å². The zero-order valence-corrected chi connectivity index (χ0v) is 14.0. The van der Waals surface area contributed by atoms with Crippen molar-refractivity contribution in [3.8, 4) is 0 Å². The van der Waals surface area contributed by atoms with Crippen LogP contribution in [0.5, 0.6) is 0 Å². The first kappa shape index (κ1) is 15.9. The van der Waals surface area contributed by atoms with Gasteiger partial charge in [0.2, 0.25) is 0 Å². The SMILES string of the molecule is Cc1cc(C)cc(C(N)CCN2CC(C)SC(C)C2)c1. The molecule has 2 nitrogen and oxygen atoms in total. The molecule has 1 saturated heterocycles. The van der Waals surface area contributed by atoms with Gasteiger partial charge in [0.15, 0.2) is 0 Å². The highest BCUT2D eigenvalue weighted by atomic mass is 32.2. The van der Waals surface area contributed by atoms with Crippen molar-refractivity contribution in [3.05, 3.63) is 34.9 Å². The van der Waals surface area contributed by atoms with Crippen molar-refractivity contribution in [1.82, 2.24) is 4.90 Å². The maximum Gasteiger partial charge on any atom is 0.0307 e. The molecule has 2 rings (SSSR count). The minimum atomic E-state index is 0.161. The molecule has 3 heteroatoms. The van der Waals surface area contributed by atoms with Gasteiger partial charge in [0.05, 0.1) is 0 Å². The van der Waals surface area contributed by atoms with E-state index in [1.165, 1.54) is 29.8 Å². The molecule has 0 amide bonds. The van der Waals surface area contributed by atoms with E-state index in [0.29, 0.717) is 0 Å². The summed E-state index contributed by atoms with van der Waals surface area (Å²) in [7, 11) is 0. The fourth-order valence-corrected chi connectivity index (χ4v) is 4.57. The number of nitrogens with zero attached hydrogens (tertiary/aromatic N) is 1. The topological polar surface area (TPSA) is 29.3 Å². The van der Waals surface area contributed by atoms with Crippen molar-refractivity contribution < 1.29 is 0 Å². The van der Waals surface area contributed by atoms with Gasteiger partial charge in [0, 0.05) is 36.2 Å². The second-order valence-electron chi connectivity index (χ2n) is 6.33. The van der Waals surface area contributed by atoms with Gasteiger partial charge in [-0.05, 0) is 25.8 Å². The van der Waals surface area contributed by atoms with Crippen LogP contribution in [0.3, 0.4) is 0 Å². The highest BCUT2D eigenvalue weighted by Crippen LogP contribution is 2.25. The molecular weight excluding hydrogens is 264 g/mol. The second-order valence-corrected chi connectivity index (χ2v) is 8.21. The molecule has 1 fully saturated rings. The van der Waals surface area contributed by atoms with E-state index in [2.05, 4.69) is 62.6 Å². The zero-order valence-electron chi connectivity index (χ0n) is 13.2. The van der Waals surface area contributed by atoms with Gasteiger partial charge in [0.25, 0.3) is 0 Å². The van der Waals surface area contributed by atoms with E-state index >= 15 is 0 Å². The van der Waals surface area contributed by atoms with Crippen molar-refractivity contribution in [2.45, 2.75) is 50.7 Å². The summed E-state index contributed by atoms with van der Waals surface area (Å²) in [5.41, 5.74) is 10.3. The van der Waals surface area contributed by atoms with Gasteiger partial charge in [-0.3, -0.25) is 0 Å². The van der Waals surface area contributed by atoms with E-state index in [4.69, 9.17) is 5.73 Å². The third-order valence-electron chi connectivity index (χ3n) is 3.92. The number of aryl methyl sites for hydroxylation is 2. The largest absolute Gasteiger partial charge is 0.324 e. The lowest BCUT2D eigenvalue weighted by atomic mass is 9.99. The fraction of sp³-hybridized carbons (Fsp3) is 0.647. The molecule has 3 unspecified atom stereocenters. The molecule has 0 aliphatic carbocycles. The Kier molecular flexibility index (Phi) is 5.53. The average molecular weight is 292 g/mol. The van der Waals surface area contributed by atoms with Crippen LogP contribution >= 0.6 is 11.8 Å². The molecule has 3 atom stereocenters. The minimum absolute atomic E-state index is 0.161. The first-order valence-corrected chi connectivity index (χ1v) is 8.60. The molecular formula is C17H28N2S. The van der Waals surface area contributed by atoms with Crippen LogP contribution in [0.2, 0.25) is 0 Å². The lowest BCUT2D eigenvalue weighted by Gasteiger charge is -2.35. The molecule has 0 saturated carbocycles. The van der Waals surface area contributed by atoms with Gasteiger partial charge in [-0.2, -0.15) is 11.8 Å². The van der Waals surface area contributed by atoms with E-state index < -0.39 is 0 Å². The third-order valence-corrected chi connectivity index (χ3v) is 5.15. The Labute approximate surface area is 128 Å². The maximum absolute atomic E-state index is 6.39. The maximum atomic E-state index is 6.39. The highest BCUT2D eigenvalue weighted by Gasteiger charge is 2.22. The number of thioether (sulfide) groups is 1. The van der Waals surface area contributed by atoms with Crippen LogP contribution in [-0.2, 0) is 0 Å². The molecule has 20 heavy (non-hydrogen) atoms. The third kappa shape index (κ3) is 4.51. The summed E-state index contributed by atoms with van der Waals surface area (Å²) in [6.07, 6.45) is 1.05. The smallest absolute Gasteiger partial charge is 0.0307 e. The van der Waals surface area contributed by atoms with Gasteiger partial charge in [-0.25, -0.2) is 0 Å². The summed E-state index contributed by atoms with van der Waals surface area (Å²) in [6.45, 7) is 12.5. The minimum Gasteiger partial charge on any atom is -0.324 e. The summed E-state index contributed by atoms with van der Waals surface area (Å²) in [4.78, 5) is 2.58. The lowest BCUT2D eigenvalue weighted by molar-refractivity contribution is 0.260. The van der Waals surface area contributed by atoms with Crippen LogP contribution in [-0.4, -0.2) is 35.0 Å². The quantitative estimate of drug-likeness (QED) is 0.920. The average Bonchev–Trinajstić information content (AvgIpc) is 2.33. The molecule has 0 aromatic heterocycles. The lowest BCUT2D eigenvalue weighted by Crippen LogP contribution is -2.41. The van der Waals surface area contributed by atoms with Crippen LogP contribution in [0.4, 0.5) is 0 Å². The van der Waals surface area contributed by atoms with Crippen molar-refractivity contribution in [3.63, 3.8) is 0 Å². The Balaban J connectivity index is 1.89. The molecule has 112 valence electrons. The highest BCUT2D eigenvalue weighted by molar-refractivity contribution is 8.00. The van der Waals surface area contributed by atoms with Crippen molar-refractivity contribution in [1.29, 1.82) is 0 Å². The number of hydrogen-bond acceptors (Lipinski definition) is 3. The number of benzene rings is 1. The van der Waals surface area contributed by atoms with E-state index in [0.717, 1.165) is 23.5 Å². The van der Waals surface area contributed by atoms with Crippen molar-refractivity contribution >= 4 is 11.8 Å². The van der Waals surface area contributed by atoms with Gasteiger partial charge in [0.1, 0.15) is 0 Å². The van der Waals surface area contributed by atoms with Gasteiger partial charge >= 0.3 is 0 Å². The van der Waals surface area contributed by atoms with E-state index in [1.54, 1.807) is 0 Å². The Morgan fingerprint density at radius 1 is 1.15 bits per heavy atom. The number of hydrogen-bond donors (Lipinski definition) is 1. The van der Waals surface area contributed by atoms with Crippen LogP contribution in [0, 0.1) is 13.8 Å². The molecule has 2 N–H and O–H groups in total. The molecule has 1 heterocycles. The van der Waals surface area contributed by atoms with Gasteiger partial charge in [-0.1, -0.05) is 43.2 Å². The van der Waals surface area contributed by atoms with E-state index in [-0.39, 0.29) is 6.04 Å². The van der Waals surface area contributed by atoms with Crippen molar-refractivity contribution in [2.75, 3.05) is 19.6 Å². The summed E-state index contributed by atoms with van der Waals surface area (Å²) >= 11 is 2.11. The molecule has 0 bridgehead atoms. The Hall–Kier alpha value is -0.510. The first-order valence-electron chi connectivity index (χ1n) is 7.65. The summed E-state index contributed by atoms with van der Waals surface area (Å²) in [6, 6.07) is 6.83. The molecule has 1 aliphatic heterocycles. The van der Waals surface area contributed by atoms with Gasteiger partial charge < -0.3 is 10.6 Å². The van der Waals surface area contributed by atoms with E-state index in [1.807, 2.05) is 0 Å². The van der Waals surface area contributed by atoms with Crippen molar-refractivity contribution in [2.24, 2.45) is 5.73 Å². The molecule has 1 aromatic rings.